The third kappa shape index (κ3) is 11.4. The first kappa shape index (κ1) is 44.0. The number of nitriles is 1. The maximum atomic E-state index is 13.8. The van der Waals surface area contributed by atoms with Gasteiger partial charge < -0.3 is 34.8 Å². The van der Waals surface area contributed by atoms with Gasteiger partial charge in [0.2, 0.25) is 0 Å². The lowest BCUT2D eigenvalue weighted by Crippen LogP contribution is -2.42. The normalized spacial score (nSPS) is 14.5. The Morgan fingerprint density at radius 1 is 0.929 bits per heavy atom. The summed E-state index contributed by atoms with van der Waals surface area (Å²) in [6.07, 6.45) is 2.36. The van der Waals surface area contributed by atoms with Gasteiger partial charge in [0.25, 0.3) is 5.91 Å². The van der Waals surface area contributed by atoms with Crippen molar-refractivity contribution in [2.24, 2.45) is 0 Å². The van der Waals surface area contributed by atoms with Gasteiger partial charge in [-0.3, -0.25) is 14.4 Å². The number of aliphatic carboxylic acids is 3. The number of rotatable bonds is 14. The number of nitrogens with zero attached hydrogens (tertiary/aromatic N) is 3. The summed E-state index contributed by atoms with van der Waals surface area (Å²) in [5.41, 5.74) is 0.664. The van der Waals surface area contributed by atoms with E-state index in [0.717, 1.165) is 60.1 Å². The fourth-order valence-corrected chi connectivity index (χ4v) is 8.07. The van der Waals surface area contributed by atoms with Crippen LogP contribution in [0.25, 0.3) is 10.8 Å². The minimum Gasteiger partial charge on any atom is -0.612 e. The number of hydrogen-bond donors (Lipinski definition) is 4. The number of carboxylic acid groups (broad SMARTS) is 3. The van der Waals surface area contributed by atoms with Gasteiger partial charge in [-0.1, -0.05) is 71.7 Å². The molecule has 0 bridgehead atoms. The maximum Gasteiger partial charge on any atom is 0.336 e. The summed E-state index contributed by atoms with van der Waals surface area (Å²) >= 11 is 11.7. The van der Waals surface area contributed by atoms with Gasteiger partial charge in [0.05, 0.1) is 34.5 Å². The SMILES string of the molecule is CN(C[C@@H](CCN1CCC(c2ccccc2[S+](C)[O-])CC1)c1ccc(Cl)c(Cl)c1)C(=O)c1ccc(C#N)c2ccccc12.O=C(O)CC(O)(CC(=O)O)C(=O)O. The molecular weight excluding hydrogens is 781 g/mol. The Morgan fingerprint density at radius 2 is 1.54 bits per heavy atom. The van der Waals surface area contributed by atoms with Crippen molar-refractivity contribution >= 4 is 69.0 Å². The summed E-state index contributed by atoms with van der Waals surface area (Å²) in [6, 6.07) is 27.1. The Morgan fingerprint density at radius 3 is 2.11 bits per heavy atom. The van der Waals surface area contributed by atoms with Crippen molar-refractivity contribution in [3.05, 3.63) is 111 Å². The first-order valence-electron chi connectivity index (χ1n) is 17.7. The number of likely N-dealkylation sites (N-methyl/N-ethyl adjacent to an activating group) is 1. The molecule has 1 aliphatic rings. The number of carbonyl (C=O) groups excluding carboxylic acids is 1. The fourth-order valence-electron chi connectivity index (χ4n) is 6.93. The second-order valence-electron chi connectivity index (χ2n) is 13.7. The van der Waals surface area contributed by atoms with E-state index < -0.39 is 47.5 Å². The third-order valence-corrected chi connectivity index (χ3v) is 11.6. The zero-order chi connectivity index (χ0) is 41.2. The molecule has 12 nitrogen and oxygen atoms in total. The highest BCUT2D eigenvalue weighted by atomic mass is 35.5. The molecule has 56 heavy (non-hydrogen) atoms. The minimum atomic E-state index is -2.74. The lowest BCUT2D eigenvalue weighted by molar-refractivity contribution is -0.170. The lowest BCUT2D eigenvalue weighted by atomic mass is 9.88. The topological polar surface area (TPSA) is 203 Å². The van der Waals surface area contributed by atoms with Crippen molar-refractivity contribution in [2.75, 3.05) is 39.5 Å². The van der Waals surface area contributed by atoms with E-state index in [-0.39, 0.29) is 11.8 Å². The van der Waals surface area contributed by atoms with E-state index >= 15 is 0 Å². The van der Waals surface area contributed by atoms with Crippen molar-refractivity contribution < 1.29 is 44.2 Å². The molecule has 1 fully saturated rings. The van der Waals surface area contributed by atoms with Crippen LogP contribution in [0.2, 0.25) is 10.0 Å². The van der Waals surface area contributed by atoms with Gasteiger partial charge in [0, 0.05) is 36.0 Å². The molecule has 0 radical (unpaired) electrons. The minimum absolute atomic E-state index is 0.0503. The number of benzene rings is 4. The Labute approximate surface area is 338 Å². The Balaban J connectivity index is 0.000000460. The highest BCUT2D eigenvalue weighted by Crippen LogP contribution is 2.34. The summed E-state index contributed by atoms with van der Waals surface area (Å²) in [5.74, 6) is -4.64. The van der Waals surface area contributed by atoms with Crippen molar-refractivity contribution in [3.8, 4) is 6.07 Å². The van der Waals surface area contributed by atoms with Gasteiger partial charge in [0.15, 0.2) is 10.5 Å². The van der Waals surface area contributed by atoms with Crippen molar-refractivity contribution in [3.63, 3.8) is 0 Å². The number of carboxylic acids is 3. The maximum absolute atomic E-state index is 13.8. The summed E-state index contributed by atoms with van der Waals surface area (Å²) in [4.78, 5) is 49.5. The highest BCUT2D eigenvalue weighted by Gasteiger charge is 2.40. The molecule has 1 aliphatic heterocycles. The van der Waals surface area contributed by atoms with Gasteiger partial charge in [-0.2, -0.15) is 5.26 Å². The van der Waals surface area contributed by atoms with Crippen LogP contribution in [-0.2, 0) is 25.6 Å². The molecule has 15 heteroatoms. The predicted molar refractivity (Wildman–Crippen MR) is 214 cm³/mol. The molecular formula is C41H43Cl2N3O9S. The standard InChI is InChI=1S/C35H35Cl2N3O2S.C6H8O7/c1-39(35(41)31-13-11-26(22-38)28-7-3-4-9-30(28)31)23-27(25-12-14-32(36)33(37)21-25)17-20-40-18-15-24(16-19-40)29-8-5-6-10-34(29)43(2)42;7-3(8)1-6(13,5(11)12)2-4(9)10/h3-14,21,24,27H,15-20,23H2,1-2H3;13H,1-2H2,(H,7,8)(H,9,10)(H,11,12)/t27-,43?;/m1./s1. The molecule has 2 atom stereocenters. The molecule has 1 unspecified atom stereocenters. The molecule has 4 aromatic carbocycles. The Kier molecular flexibility index (Phi) is 15.7. The van der Waals surface area contributed by atoms with Crippen LogP contribution < -0.4 is 0 Å². The number of aliphatic hydroxyl groups is 1. The van der Waals surface area contributed by atoms with Gasteiger partial charge in [-0.05, 0) is 97.3 Å². The molecule has 4 N–H and O–H groups in total. The average molecular weight is 825 g/mol. The van der Waals surface area contributed by atoms with Crippen LogP contribution in [0.1, 0.15) is 71.0 Å². The summed E-state index contributed by atoms with van der Waals surface area (Å²) in [6.45, 7) is 3.34. The van der Waals surface area contributed by atoms with Crippen LogP contribution in [0.5, 0.6) is 0 Å². The van der Waals surface area contributed by atoms with Crippen LogP contribution in [0.4, 0.5) is 0 Å². The molecule has 4 aromatic rings. The van der Waals surface area contributed by atoms with Crippen molar-refractivity contribution in [1.82, 2.24) is 9.80 Å². The van der Waals surface area contributed by atoms with Crippen LogP contribution in [0, 0.1) is 11.3 Å². The van der Waals surface area contributed by atoms with E-state index in [9.17, 15) is 29.0 Å². The van der Waals surface area contributed by atoms with E-state index in [4.69, 9.17) is 43.6 Å². The largest absolute Gasteiger partial charge is 0.612 e. The molecule has 0 aromatic heterocycles. The van der Waals surface area contributed by atoms with Crippen LogP contribution in [0.3, 0.4) is 0 Å². The Hall–Kier alpha value is -4.68. The van der Waals surface area contributed by atoms with Gasteiger partial charge in [-0.25, -0.2) is 4.79 Å². The van der Waals surface area contributed by atoms with Gasteiger partial charge in [0.1, 0.15) is 6.26 Å². The van der Waals surface area contributed by atoms with Crippen LogP contribution in [-0.4, -0.2) is 104 Å². The molecule has 0 spiro atoms. The molecule has 296 valence electrons. The lowest BCUT2D eigenvalue weighted by Gasteiger charge is -2.34. The number of hydrogen-bond acceptors (Lipinski definition) is 8. The summed E-state index contributed by atoms with van der Waals surface area (Å²) in [7, 11) is 1.83. The van der Waals surface area contributed by atoms with Gasteiger partial charge >= 0.3 is 17.9 Å². The number of piperidine rings is 1. The predicted octanol–water partition coefficient (Wildman–Crippen LogP) is 6.63. The zero-order valence-electron chi connectivity index (χ0n) is 30.9. The fraction of sp³-hybridized carbons (Fsp3) is 0.341. The molecule has 0 aliphatic carbocycles. The number of halogens is 2. The number of likely N-dealkylation sites (tertiary alicyclic amines) is 1. The average Bonchev–Trinajstić information content (AvgIpc) is 3.16. The number of carbonyl (C=O) groups is 4. The molecule has 1 saturated heterocycles. The molecule has 1 amide bonds. The van der Waals surface area contributed by atoms with E-state index in [2.05, 4.69) is 17.0 Å². The van der Waals surface area contributed by atoms with Crippen LogP contribution in [0.15, 0.2) is 83.8 Å². The smallest absolute Gasteiger partial charge is 0.336 e. The highest BCUT2D eigenvalue weighted by molar-refractivity contribution is 7.90. The molecule has 1 heterocycles. The summed E-state index contributed by atoms with van der Waals surface area (Å²) in [5, 5.41) is 45.9. The second kappa shape index (κ2) is 20.0. The second-order valence-corrected chi connectivity index (χ2v) is 15.9. The number of fused-ring (bicyclic) bond motifs is 1. The zero-order valence-corrected chi connectivity index (χ0v) is 33.2. The summed E-state index contributed by atoms with van der Waals surface area (Å²) < 4.78 is 12.3. The first-order chi connectivity index (χ1) is 26.5. The van der Waals surface area contributed by atoms with E-state index in [1.54, 1.807) is 23.3 Å². The van der Waals surface area contributed by atoms with E-state index in [1.165, 1.54) is 5.56 Å². The monoisotopic (exact) mass is 823 g/mol. The van der Waals surface area contributed by atoms with Crippen molar-refractivity contribution in [2.45, 2.75) is 54.4 Å². The first-order valence-corrected chi connectivity index (χ1v) is 20.0. The van der Waals surface area contributed by atoms with E-state index in [1.807, 2.05) is 67.7 Å². The third-order valence-electron chi connectivity index (χ3n) is 9.87. The van der Waals surface area contributed by atoms with E-state index in [0.29, 0.717) is 33.6 Å². The van der Waals surface area contributed by atoms with Crippen LogP contribution >= 0.6 is 23.2 Å². The van der Waals surface area contributed by atoms with Gasteiger partial charge in [-0.15, -0.1) is 0 Å². The number of amides is 1. The molecule has 0 saturated carbocycles. The Bertz CT molecular complexity index is 2080. The van der Waals surface area contributed by atoms with Crippen molar-refractivity contribution in [1.29, 1.82) is 5.26 Å². The quantitative estimate of drug-likeness (QED) is 0.0994. The molecule has 5 rings (SSSR count).